The Morgan fingerprint density at radius 3 is 2.92 bits per heavy atom. The molecule has 1 rings (SSSR count). The van der Waals surface area contributed by atoms with Crippen LogP contribution in [0.5, 0.6) is 0 Å². The lowest BCUT2D eigenvalue weighted by Crippen LogP contribution is -1.98. The van der Waals surface area contributed by atoms with E-state index in [2.05, 4.69) is 5.10 Å². The highest BCUT2D eigenvalue weighted by atomic mass is 32.2. The Morgan fingerprint density at radius 1 is 1.77 bits per heavy atom. The first-order valence-electron chi connectivity index (χ1n) is 3.88. The van der Waals surface area contributed by atoms with Crippen molar-refractivity contribution in [2.24, 2.45) is 7.05 Å². The molecule has 0 saturated heterocycles. The Hall–Kier alpha value is -0.970. The quantitative estimate of drug-likeness (QED) is 0.789. The smallest absolute Gasteiger partial charge is 0.313 e. The largest absolute Gasteiger partial charge is 0.481 e. The highest BCUT2D eigenvalue weighted by Gasteiger charge is 2.04. The molecule has 0 aliphatic carbocycles. The Morgan fingerprint density at radius 2 is 2.46 bits per heavy atom. The molecule has 0 bridgehead atoms. The first kappa shape index (κ1) is 10.1. The number of rotatable bonds is 4. The van der Waals surface area contributed by atoms with Crippen molar-refractivity contribution >= 4 is 17.7 Å². The van der Waals surface area contributed by atoms with E-state index in [1.807, 2.05) is 14.0 Å². The number of carbonyl (C=O) groups is 1. The second-order valence-electron chi connectivity index (χ2n) is 2.77. The van der Waals surface area contributed by atoms with Gasteiger partial charge < -0.3 is 5.11 Å². The van der Waals surface area contributed by atoms with Gasteiger partial charge >= 0.3 is 5.97 Å². The summed E-state index contributed by atoms with van der Waals surface area (Å²) < 4.78 is 1.79. The lowest BCUT2D eigenvalue weighted by Gasteiger charge is -1.98. The zero-order valence-corrected chi connectivity index (χ0v) is 8.47. The molecule has 0 radical (unpaired) electrons. The van der Waals surface area contributed by atoms with Gasteiger partial charge in [-0.3, -0.25) is 9.48 Å². The van der Waals surface area contributed by atoms with Crippen LogP contribution in [0.3, 0.4) is 0 Å². The molecule has 0 atom stereocenters. The first-order chi connectivity index (χ1) is 6.11. The summed E-state index contributed by atoms with van der Waals surface area (Å²) in [6, 6.07) is 0. The summed E-state index contributed by atoms with van der Waals surface area (Å²) in [5.41, 5.74) is 2.20. The fraction of sp³-hybridized carbons (Fsp3) is 0.500. The molecule has 0 saturated carbocycles. The molecule has 1 N–H and O–H groups in total. The number of nitrogens with zero attached hydrogens (tertiary/aromatic N) is 2. The molecule has 13 heavy (non-hydrogen) atoms. The normalized spacial score (nSPS) is 10.3. The number of thioether (sulfide) groups is 1. The van der Waals surface area contributed by atoms with Gasteiger partial charge in [0.1, 0.15) is 0 Å². The number of hydrogen-bond acceptors (Lipinski definition) is 3. The van der Waals surface area contributed by atoms with Gasteiger partial charge in [0.25, 0.3) is 0 Å². The molecule has 0 aliphatic heterocycles. The van der Waals surface area contributed by atoms with Crippen molar-refractivity contribution in [3.8, 4) is 0 Å². The second kappa shape index (κ2) is 4.32. The van der Waals surface area contributed by atoms with E-state index in [0.29, 0.717) is 5.75 Å². The lowest BCUT2D eigenvalue weighted by atomic mass is 10.3. The Bertz CT molecular complexity index is 309. The monoisotopic (exact) mass is 200 g/mol. The SMILES string of the molecule is Cc1c(CSCC(=O)O)cnn1C. The Kier molecular flexibility index (Phi) is 3.36. The molecular formula is C8H12N2O2S. The summed E-state index contributed by atoms with van der Waals surface area (Å²) in [6.07, 6.45) is 1.78. The molecule has 0 aliphatic rings. The van der Waals surface area contributed by atoms with Crippen molar-refractivity contribution in [2.45, 2.75) is 12.7 Å². The van der Waals surface area contributed by atoms with Gasteiger partial charge in [-0.25, -0.2) is 0 Å². The van der Waals surface area contributed by atoms with Crippen LogP contribution in [0.1, 0.15) is 11.3 Å². The third-order valence-electron chi connectivity index (χ3n) is 1.82. The highest BCUT2D eigenvalue weighted by Crippen LogP contribution is 2.14. The minimum absolute atomic E-state index is 0.147. The van der Waals surface area contributed by atoms with E-state index in [1.165, 1.54) is 11.8 Å². The van der Waals surface area contributed by atoms with E-state index in [-0.39, 0.29) is 5.75 Å². The minimum Gasteiger partial charge on any atom is -0.481 e. The maximum atomic E-state index is 10.2. The van der Waals surface area contributed by atoms with Crippen molar-refractivity contribution in [2.75, 3.05) is 5.75 Å². The van der Waals surface area contributed by atoms with Gasteiger partial charge in [-0.2, -0.15) is 5.10 Å². The predicted octanol–water partition coefficient (Wildman–Crippen LogP) is 1.05. The topological polar surface area (TPSA) is 55.1 Å². The molecule has 0 amide bonds. The number of aliphatic carboxylic acids is 1. The van der Waals surface area contributed by atoms with Crippen molar-refractivity contribution in [1.29, 1.82) is 0 Å². The summed E-state index contributed by atoms with van der Waals surface area (Å²) in [5, 5.41) is 12.5. The van der Waals surface area contributed by atoms with E-state index in [9.17, 15) is 4.79 Å². The average Bonchev–Trinajstić information content (AvgIpc) is 2.35. The van der Waals surface area contributed by atoms with Crippen LogP contribution in [0.2, 0.25) is 0 Å². The summed E-state index contributed by atoms with van der Waals surface area (Å²) >= 11 is 1.39. The summed E-state index contributed by atoms with van der Waals surface area (Å²) in [7, 11) is 1.88. The molecule has 1 heterocycles. The van der Waals surface area contributed by atoms with Crippen molar-refractivity contribution < 1.29 is 9.90 Å². The Balaban J connectivity index is 2.45. The molecule has 0 fully saturated rings. The zero-order valence-electron chi connectivity index (χ0n) is 7.65. The maximum Gasteiger partial charge on any atom is 0.313 e. The van der Waals surface area contributed by atoms with E-state index >= 15 is 0 Å². The van der Waals surface area contributed by atoms with Crippen LogP contribution in [0.25, 0.3) is 0 Å². The number of aryl methyl sites for hydroxylation is 1. The highest BCUT2D eigenvalue weighted by molar-refractivity contribution is 7.99. The minimum atomic E-state index is -0.772. The van der Waals surface area contributed by atoms with Gasteiger partial charge in [0.05, 0.1) is 11.9 Å². The maximum absolute atomic E-state index is 10.2. The van der Waals surface area contributed by atoms with Crippen LogP contribution in [0.4, 0.5) is 0 Å². The number of carboxylic acids is 1. The van der Waals surface area contributed by atoms with Gasteiger partial charge in [0, 0.05) is 24.1 Å². The number of aromatic nitrogens is 2. The van der Waals surface area contributed by atoms with Gasteiger partial charge in [-0.15, -0.1) is 11.8 Å². The van der Waals surface area contributed by atoms with E-state index in [4.69, 9.17) is 5.11 Å². The molecular weight excluding hydrogens is 188 g/mol. The summed E-state index contributed by atoms with van der Waals surface area (Å²) in [5.74, 6) is 0.0897. The number of carboxylic acid groups (broad SMARTS) is 1. The van der Waals surface area contributed by atoms with Crippen LogP contribution in [0.15, 0.2) is 6.20 Å². The third-order valence-corrected chi connectivity index (χ3v) is 2.79. The molecule has 1 aromatic heterocycles. The second-order valence-corrected chi connectivity index (χ2v) is 3.75. The van der Waals surface area contributed by atoms with E-state index < -0.39 is 5.97 Å². The molecule has 4 nitrogen and oxygen atoms in total. The number of hydrogen-bond donors (Lipinski definition) is 1. The zero-order chi connectivity index (χ0) is 9.84. The van der Waals surface area contributed by atoms with Crippen molar-refractivity contribution in [1.82, 2.24) is 9.78 Å². The fourth-order valence-electron chi connectivity index (χ4n) is 0.934. The Labute approximate surface area is 80.9 Å². The summed E-state index contributed by atoms with van der Waals surface area (Å²) in [6.45, 7) is 1.98. The van der Waals surface area contributed by atoms with Crippen LogP contribution in [-0.4, -0.2) is 26.6 Å². The third kappa shape index (κ3) is 2.77. The van der Waals surface area contributed by atoms with E-state index in [0.717, 1.165) is 11.3 Å². The predicted molar refractivity (Wildman–Crippen MR) is 51.7 cm³/mol. The molecule has 0 aromatic carbocycles. The van der Waals surface area contributed by atoms with Crippen LogP contribution < -0.4 is 0 Å². The lowest BCUT2D eigenvalue weighted by molar-refractivity contribution is -0.133. The first-order valence-corrected chi connectivity index (χ1v) is 5.03. The molecule has 72 valence electrons. The van der Waals surface area contributed by atoms with Crippen molar-refractivity contribution in [3.05, 3.63) is 17.5 Å². The molecule has 0 unspecified atom stereocenters. The standard InChI is InChI=1S/C8H12N2O2S/c1-6-7(3-9-10(6)2)4-13-5-8(11)12/h3H,4-5H2,1-2H3,(H,11,12). The van der Waals surface area contributed by atoms with Crippen LogP contribution >= 0.6 is 11.8 Å². The average molecular weight is 200 g/mol. The summed E-state index contributed by atoms with van der Waals surface area (Å²) in [4.78, 5) is 10.2. The van der Waals surface area contributed by atoms with Gasteiger partial charge in [-0.1, -0.05) is 0 Å². The van der Waals surface area contributed by atoms with Gasteiger partial charge in [0.2, 0.25) is 0 Å². The van der Waals surface area contributed by atoms with Gasteiger partial charge in [0.15, 0.2) is 0 Å². The van der Waals surface area contributed by atoms with Gasteiger partial charge in [-0.05, 0) is 6.92 Å². The fourth-order valence-corrected chi connectivity index (χ4v) is 1.71. The molecule has 1 aromatic rings. The van der Waals surface area contributed by atoms with Crippen LogP contribution in [0, 0.1) is 6.92 Å². The van der Waals surface area contributed by atoms with Crippen molar-refractivity contribution in [3.63, 3.8) is 0 Å². The van der Waals surface area contributed by atoms with Crippen LogP contribution in [-0.2, 0) is 17.6 Å². The molecule has 5 heteroatoms. The molecule has 0 spiro atoms. The van der Waals surface area contributed by atoms with E-state index in [1.54, 1.807) is 10.9 Å².